The first-order chi connectivity index (χ1) is 15.2. The van der Waals surface area contributed by atoms with E-state index in [-0.39, 0.29) is 18.6 Å². The zero-order valence-electron chi connectivity index (χ0n) is 18.3. The van der Waals surface area contributed by atoms with Gasteiger partial charge in [0.1, 0.15) is 6.61 Å². The molecule has 2 aromatic rings. The Hall–Kier alpha value is -1.92. The van der Waals surface area contributed by atoms with Crippen LogP contribution in [0.2, 0.25) is 5.02 Å². The highest BCUT2D eigenvalue weighted by atomic mass is 35.5. The summed E-state index contributed by atoms with van der Waals surface area (Å²) in [5.74, 6) is -0.271. The number of esters is 1. The topological polar surface area (TPSA) is 42.0 Å². The number of piperazine rings is 1. The number of hydrogen-bond donors (Lipinski definition) is 0. The fraction of sp³-hybridized carbons (Fsp3) is 0.480. The van der Waals surface area contributed by atoms with Crippen LogP contribution in [0.15, 0.2) is 54.6 Å². The van der Waals surface area contributed by atoms with E-state index in [2.05, 4.69) is 59.2 Å². The second-order valence-corrected chi connectivity index (χ2v) is 8.31. The summed E-state index contributed by atoms with van der Waals surface area (Å²) in [7, 11) is 0. The lowest BCUT2D eigenvalue weighted by Gasteiger charge is -2.39. The Morgan fingerprint density at radius 3 is 2.32 bits per heavy atom. The summed E-state index contributed by atoms with van der Waals surface area (Å²) in [5, 5.41) is 0.759. The SMILES string of the molecule is CCCCOC(=O)COCCN1CCN(C(c2ccccc2)c2ccc(Cl)cc2)CC1. The number of unbranched alkanes of at least 4 members (excludes halogenated alkanes) is 1. The third-order valence-corrected chi connectivity index (χ3v) is 5.86. The second kappa shape index (κ2) is 12.8. The predicted molar refractivity (Wildman–Crippen MR) is 124 cm³/mol. The maximum atomic E-state index is 11.6. The molecule has 1 atom stereocenters. The zero-order chi connectivity index (χ0) is 21.9. The summed E-state index contributed by atoms with van der Waals surface area (Å²) in [6.45, 7) is 7.86. The molecule has 2 aromatic carbocycles. The predicted octanol–water partition coefficient (Wildman–Crippen LogP) is 4.41. The molecule has 168 valence electrons. The molecule has 0 aliphatic carbocycles. The van der Waals surface area contributed by atoms with Gasteiger partial charge in [-0.15, -0.1) is 0 Å². The number of ether oxygens (including phenoxy) is 2. The van der Waals surface area contributed by atoms with Crippen molar-refractivity contribution in [2.24, 2.45) is 0 Å². The van der Waals surface area contributed by atoms with Gasteiger partial charge >= 0.3 is 5.97 Å². The van der Waals surface area contributed by atoms with Gasteiger partial charge in [0.2, 0.25) is 0 Å². The average molecular weight is 445 g/mol. The highest BCUT2D eigenvalue weighted by Crippen LogP contribution is 2.30. The van der Waals surface area contributed by atoms with Crippen molar-refractivity contribution in [2.75, 3.05) is 52.5 Å². The first-order valence-electron chi connectivity index (χ1n) is 11.2. The minimum Gasteiger partial charge on any atom is -0.464 e. The molecule has 31 heavy (non-hydrogen) atoms. The van der Waals surface area contributed by atoms with E-state index in [0.29, 0.717) is 13.2 Å². The molecular formula is C25H33ClN2O3. The molecule has 1 heterocycles. The van der Waals surface area contributed by atoms with Crippen LogP contribution < -0.4 is 0 Å². The van der Waals surface area contributed by atoms with Gasteiger partial charge < -0.3 is 9.47 Å². The van der Waals surface area contributed by atoms with Crippen molar-refractivity contribution in [1.29, 1.82) is 0 Å². The van der Waals surface area contributed by atoms with Crippen molar-refractivity contribution in [3.05, 3.63) is 70.7 Å². The van der Waals surface area contributed by atoms with Crippen molar-refractivity contribution < 1.29 is 14.3 Å². The Balaban J connectivity index is 1.47. The molecule has 1 unspecified atom stereocenters. The van der Waals surface area contributed by atoms with Crippen LogP contribution in [-0.2, 0) is 14.3 Å². The van der Waals surface area contributed by atoms with Crippen LogP contribution in [0, 0.1) is 0 Å². The monoisotopic (exact) mass is 444 g/mol. The van der Waals surface area contributed by atoms with Crippen molar-refractivity contribution >= 4 is 17.6 Å². The van der Waals surface area contributed by atoms with E-state index in [0.717, 1.165) is 50.6 Å². The second-order valence-electron chi connectivity index (χ2n) is 7.87. The third kappa shape index (κ3) is 7.62. The lowest BCUT2D eigenvalue weighted by molar-refractivity contribution is -0.149. The van der Waals surface area contributed by atoms with Crippen LogP contribution in [0.4, 0.5) is 0 Å². The number of nitrogens with zero attached hydrogens (tertiary/aromatic N) is 2. The zero-order valence-corrected chi connectivity index (χ0v) is 19.1. The van der Waals surface area contributed by atoms with E-state index in [1.807, 2.05) is 12.1 Å². The number of benzene rings is 2. The molecule has 0 N–H and O–H groups in total. The Morgan fingerprint density at radius 2 is 1.65 bits per heavy atom. The Labute approximate surface area is 190 Å². The molecule has 5 nitrogen and oxygen atoms in total. The lowest BCUT2D eigenvalue weighted by atomic mass is 9.96. The molecule has 0 aromatic heterocycles. The van der Waals surface area contributed by atoms with Gasteiger partial charge in [-0.2, -0.15) is 0 Å². The van der Waals surface area contributed by atoms with E-state index in [9.17, 15) is 4.79 Å². The lowest BCUT2D eigenvalue weighted by Crippen LogP contribution is -2.48. The summed E-state index contributed by atoms with van der Waals surface area (Å²) in [6, 6.07) is 19.0. The Kier molecular flexibility index (Phi) is 9.82. The smallest absolute Gasteiger partial charge is 0.332 e. The molecule has 0 amide bonds. The first kappa shape index (κ1) is 23.7. The highest BCUT2D eigenvalue weighted by Gasteiger charge is 2.26. The van der Waals surface area contributed by atoms with Gasteiger partial charge in [0.25, 0.3) is 0 Å². The van der Waals surface area contributed by atoms with E-state index in [1.54, 1.807) is 0 Å². The van der Waals surface area contributed by atoms with Gasteiger partial charge in [-0.25, -0.2) is 4.79 Å². The molecule has 1 aliphatic rings. The van der Waals surface area contributed by atoms with E-state index < -0.39 is 0 Å². The summed E-state index contributed by atoms with van der Waals surface area (Å²) in [5.41, 5.74) is 2.55. The molecule has 1 aliphatic heterocycles. The normalized spacial score (nSPS) is 16.2. The number of carbonyl (C=O) groups is 1. The maximum Gasteiger partial charge on any atom is 0.332 e. The van der Waals surface area contributed by atoms with Gasteiger partial charge in [-0.3, -0.25) is 9.80 Å². The molecule has 0 spiro atoms. The molecule has 1 saturated heterocycles. The average Bonchev–Trinajstić information content (AvgIpc) is 2.80. The van der Waals surface area contributed by atoms with Gasteiger partial charge in [-0.1, -0.05) is 67.4 Å². The van der Waals surface area contributed by atoms with Crippen LogP contribution in [0.3, 0.4) is 0 Å². The first-order valence-corrected chi connectivity index (χ1v) is 11.6. The largest absolute Gasteiger partial charge is 0.464 e. The standard InChI is InChI=1S/C25H33ClN2O3/c1-2-3-18-31-24(29)20-30-19-17-27-13-15-28(16-14-27)25(21-7-5-4-6-8-21)22-9-11-23(26)12-10-22/h4-12,25H,2-3,13-20H2,1H3. The summed E-state index contributed by atoms with van der Waals surface area (Å²) < 4.78 is 10.6. The third-order valence-electron chi connectivity index (χ3n) is 5.61. The van der Waals surface area contributed by atoms with Crippen molar-refractivity contribution in [2.45, 2.75) is 25.8 Å². The number of carbonyl (C=O) groups excluding carboxylic acids is 1. The maximum absolute atomic E-state index is 11.6. The molecule has 0 saturated carbocycles. The van der Waals surface area contributed by atoms with E-state index in [4.69, 9.17) is 21.1 Å². The fourth-order valence-corrected chi connectivity index (χ4v) is 3.99. The summed E-state index contributed by atoms with van der Waals surface area (Å²) in [6.07, 6.45) is 1.92. The molecule has 1 fully saturated rings. The van der Waals surface area contributed by atoms with E-state index in [1.165, 1.54) is 11.1 Å². The van der Waals surface area contributed by atoms with Crippen LogP contribution in [0.25, 0.3) is 0 Å². The minimum absolute atomic E-state index is 0.0380. The number of rotatable bonds is 11. The molecule has 6 heteroatoms. The Bertz CT molecular complexity index is 777. The molecule has 0 bridgehead atoms. The van der Waals surface area contributed by atoms with Crippen molar-refractivity contribution in [3.63, 3.8) is 0 Å². The Morgan fingerprint density at radius 1 is 0.968 bits per heavy atom. The van der Waals surface area contributed by atoms with Gasteiger partial charge in [0, 0.05) is 37.7 Å². The number of halogens is 1. The van der Waals surface area contributed by atoms with Crippen LogP contribution >= 0.6 is 11.6 Å². The molecule has 3 rings (SSSR count). The molecule has 0 radical (unpaired) electrons. The van der Waals surface area contributed by atoms with Crippen molar-refractivity contribution in [3.8, 4) is 0 Å². The van der Waals surface area contributed by atoms with Gasteiger partial charge in [-0.05, 0) is 29.7 Å². The van der Waals surface area contributed by atoms with Crippen LogP contribution in [0.5, 0.6) is 0 Å². The summed E-state index contributed by atoms with van der Waals surface area (Å²) >= 11 is 6.12. The fourth-order valence-electron chi connectivity index (χ4n) is 3.86. The quantitative estimate of drug-likeness (QED) is 0.379. The van der Waals surface area contributed by atoms with E-state index >= 15 is 0 Å². The van der Waals surface area contributed by atoms with Crippen LogP contribution in [0.1, 0.15) is 36.9 Å². The van der Waals surface area contributed by atoms with Gasteiger partial charge in [0.05, 0.1) is 19.3 Å². The summed E-state index contributed by atoms with van der Waals surface area (Å²) in [4.78, 5) is 16.5. The van der Waals surface area contributed by atoms with Crippen molar-refractivity contribution in [1.82, 2.24) is 9.80 Å². The van der Waals surface area contributed by atoms with Gasteiger partial charge in [0.15, 0.2) is 0 Å². The molecular weight excluding hydrogens is 412 g/mol. The highest BCUT2D eigenvalue weighted by molar-refractivity contribution is 6.30. The number of hydrogen-bond acceptors (Lipinski definition) is 5. The van der Waals surface area contributed by atoms with Crippen LogP contribution in [-0.4, -0.2) is 68.3 Å². The minimum atomic E-state index is -0.271.